The summed E-state index contributed by atoms with van der Waals surface area (Å²) in [5, 5.41) is 12.2. The maximum atomic E-state index is 10.3. The van der Waals surface area contributed by atoms with Crippen LogP contribution in [0.1, 0.15) is 16.5 Å². The van der Waals surface area contributed by atoms with Crippen molar-refractivity contribution in [3.05, 3.63) is 52.2 Å². The number of morpholine rings is 1. The molecule has 1 aromatic heterocycles. The quantitative estimate of drug-likeness (QED) is 0.935. The van der Waals surface area contributed by atoms with E-state index in [0.717, 1.165) is 36.7 Å². The molecule has 1 aliphatic rings. The fraction of sp³-hybridized carbons (Fsp3) is 0.333. The van der Waals surface area contributed by atoms with Gasteiger partial charge in [0.15, 0.2) is 0 Å². The van der Waals surface area contributed by atoms with Gasteiger partial charge in [-0.15, -0.1) is 11.3 Å². The van der Waals surface area contributed by atoms with E-state index in [1.54, 1.807) is 11.3 Å². The van der Waals surface area contributed by atoms with Crippen LogP contribution in [-0.4, -0.2) is 31.4 Å². The Morgan fingerprint density at radius 2 is 1.84 bits per heavy atom. The molecule has 1 fully saturated rings. The molecule has 0 saturated carbocycles. The van der Waals surface area contributed by atoms with Crippen molar-refractivity contribution in [1.82, 2.24) is 0 Å². The Morgan fingerprint density at radius 3 is 2.47 bits per heavy atom. The highest BCUT2D eigenvalue weighted by Crippen LogP contribution is 2.27. The van der Waals surface area contributed by atoms with Crippen molar-refractivity contribution in [1.29, 1.82) is 0 Å². The number of anilines is 1. The molecule has 0 amide bonds. The molecule has 1 aromatic carbocycles. The number of ether oxygens (including phenoxy) is 1. The van der Waals surface area contributed by atoms with Crippen molar-refractivity contribution >= 4 is 17.0 Å². The van der Waals surface area contributed by atoms with Crippen molar-refractivity contribution in [2.75, 3.05) is 31.2 Å². The zero-order valence-electron chi connectivity index (χ0n) is 10.7. The predicted molar refractivity (Wildman–Crippen MR) is 77.9 cm³/mol. The number of thiophene rings is 1. The van der Waals surface area contributed by atoms with E-state index in [-0.39, 0.29) is 0 Å². The van der Waals surface area contributed by atoms with Gasteiger partial charge in [-0.05, 0) is 29.1 Å². The van der Waals surface area contributed by atoms with Crippen LogP contribution in [0.4, 0.5) is 5.69 Å². The second-order valence-electron chi connectivity index (χ2n) is 4.61. The maximum Gasteiger partial charge on any atom is 0.113 e. The van der Waals surface area contributed by atoms with Gasteiger partial charge in [-0.25, -0.2) is 0 Å². The van der Waals surface area contributed by atoms with Gasteiger partial charge < -0.3 is 14.7 Å². The SMILES string of the molecule is OC(c1ccc(N2CCOCC2)cc1)c1cccs1. The number of nitrogens with zero attached hydrogens (tertiary/aromatic N) is 1. The van der Waals surface area contributed by atoms with Gasteiger partial charge in [0.2, 0.25) is 0 Å². The number of hydrogen-bond donors (Lipinski definition) is 1. The van der Waals surface area contributed by atoms with Gasteiger partial charge in [-0.1, -0.05) is 18.2 Å². The van der Waals surface area contributed by atoms with Crippen molar-refractivity contribution < 1.29 is 9.84 Å². The number of aliphatic hydroxyl groups is 1. The highest BCUT2D eigenvalue weighted by atomic mass is 32.1. The standard InChI is InChI=1S/C15H17NO2S/c17-15(14-2-1-11-19-14)12-3-5-13(6-4-12)16-7-9-18-10-8-16/h1-6,11,15,17H,7-10H2. The zero-order chi connectivity index (χ0) is 13.1. The summed E-state index contributed by atoms with van der Waals surface area (Å²) in [7, 11) is 0. The number of benzene rings is 1. The molecular weight excluding hydrogens is 258 g/mol. The van der Waals surface area contributed by atoms with Crippen LogP contribution in [0.25, 0.3) is 0 Å². The molecule has 100 valence electrons. The van der Waals surface area contributed by atoms with Crippen LogP contribution in [0.5, 0.6) is 0 Å². The molecule has 2 aromatic rings. The van der Waals surface area contributed by atoms with Crippen LogP contribution in [0.3, 0.4) is 0 Å². The number of hydrogen-bond acceptors (Lipinski definition) is 4. The first-order valence-corrected chi connectivity index (χ1v) is 7.37. The Labute approximate surface area is 117 Å². The van der Waals surface area contributed by atoms with Crippen molar-refractivity contribution in [3.8, 4) is 0 Å². The first-order valence-electron chi connectivity index (χ1n) is 6.49. The summed E-state index contributed by atoms with van der Waals surface area (Å²) in [5.74, 6) is 0. The third kappa shape index (κ3) is 2.81. The van der Waals surface area contributed by atoms with Gasteiger partial charge in [0.05, 0.1) is 13.2 Å². The smallest absolute Gasteiger partial charge is 0.113 e. The van der Waals surface area contributed by atoms with Crippen molar-refractivity contribution in [2.24, 2.45) is 0 Å². The summed E-state index contributed by atoms with van der Waals surface area (Å²) in [6, 6.07) is 12.1. The van der Waals surface area contributed by atoms with E-state index in [9.17, 15) is 5.11 Å². The summed E-state index contributed by atoms with van der Waals surface area (Å²) >= 11 is 1.58. The molecule has 1 saturated heterocycles. The molecule has 4 heteroatoms. The molecule has 1 unspecified atom stereocenters. The summed E-state index contributed by atoms with van der Waals surface area (Å²) < 4.78 is 5.35. The van der Waals surface area contributed by atoms with Gasteiger partial charge in [0.25, 0.3) is 0 Å². The lowest BCUT2D eigenvalue weighted by atomic mass is 10.1. The van der Waals surface area contributed by atoms with E-state index in [1.165, 1.54) is 5.69 Å². The van der Waals surface area contributed by atoms with Gasteiger partial charge in [-0.3, -0.25) is 0 Å². The Balaban J connectivity index is 1.75. The monoisotopic (exact) mass is 275 g/mol. The van der Waals surface area contributed by atoms with Gasteiger partial charge in [-0.2, -0.15) is 0 Å². The van der Waals surface area contributed by atoms with Crippen LogP contribution >= 0.6 is 11.3 Å². The molecular formula is C15H17NO2S. The molecule has 3 nitrogen and oxygen atoms in total. The van der Waals surface area contributed by atoms with Gasteiger partial charge >= 0.3 is 0 Å². The lowest BCUT2D eigenvalue weighted by Crippen LogP contribution is -2.36. The Morgan fingerprint density at radius 1 is 1.11 bits per heavy atom. The van der Waals surface area contributed by atoms with E-state index in [2.05, 4.69) is 17.0 Å². The van der Waals surface area contributed by atoms with Crippen LogP contribution < -0.4 is 4.90 Å². The zero-order valence-corrected chi connectivity index (χ0v) is 11.5. The summed E-state index contributed by atoms with van der Waals surface area (Å²) in [5.41, 5.74) is 2.14. The van der Waals surface area contributed by atoms with Gasteiger partial charge in [0.1, 0.15) is 6.10 Å². The molecule has 2 heterocycles. The number of rotatable bonds is 3. The largest absolute Gasteiger partial charge is 0.383 e. The summed E-state index contributed by atoms with van der Waals surface area (Å²) in [6.45, 7) is 3.46. The fourth-order valence-corrected chi connectivity index (χ4v) is 3.04. The molecule has 1 atom stereocenters. The van der Waals surface area contributed by atoms with Crippen LogP contribution in [0.2, 0.25) is 0 Å². The van der Waals surface area contributed by atoms with E-state index in [4.69, 9.17) is 4.74 Å². The molecule has 0 bridgehead atoms. The third-order valence-corrected chi connectivity index (χ3v) is 4.32. The minimum absolute atomic E-state index is 0.515. The first-order chi connectivity index (χ1) is 9.34. The molecule has 0 spiro atoms. The summed E-state index contributed by atoms with van der Waals surface area (Å²) in [6.07, 6.45) is -0.515. The van der Waals surface area contributed by atoms with Crippen LogP contribution in [-0.2, 0) is 4.74 Å². The average Bonchev–Trinajstić information content (AvgIpc) is 3.02. The minimum Gasteiger partial charge on any atom is -0.383 e. The van der Waals surface area contributed by atoms with E-state index >= 15 is 0 Å². The fourth-order valence-electron chi connectivity index (χ4n) is 2.30. The molecule has 1 N–H and O–H groups in total. The topological polar surface area (TPSA) is 32.7 Å². The molecule has 0 aliphatic carbocycles. The normalized spacial score (nSPS) is 17.4. The lowest BCUT2D eigenvalue weighted by Gasteiger charge is -2.29. The van der Waals surface area contributed by atoms with E-state index < -0.39 is 6.10 Å². The molecule has 0 radical (unpaired) electrons. The summed E-state index contributed by atoms with van der Waals surface area (Å²) in [4.78, 5) is 3.30. The lowest BCUT2D eigenvalue weighted by molar-refractivity contribution is 0.122. The Bertz CT molecular complexity index is 503. The van der Waals surface area contributed by atoms with E-state index in [1.807, 2.05) is 29.6 Å². The van der Waals surface area contributed by atoms with Crippen molar-refractivity contribution in [3.63, 3.8) is 0 Å². The Kier molecular flexibility index (Phi) is 3.82. The highest BCUT2D eigenvalue weighted by molar-refractivity contribution is 7.10. The molecule has 3 rings (SSSR count). The predicted octanol–water partition coefficient (Wildman–Crippen LogP) is 2.67. The Hall–Kier alpha value is -1.36. The first kappa shape index (κ1) is 12.7. The van der Waals surface area contributed by atoms with Crippen molar-refractivity contribution in [2.45, 2.75) is 6.10 Å². The second kappa shape index (κ2) is 5.74. The van der Waals surface area contributed by atoms with Crippen LogP contribution in [0.15, 0.2) is 41.8 Å². The van der Waals surface area contributed by atoms with Crippen LogP contribution in [0, 0.1) is 0 Å². The third-order valence-electron chi connectivity index (χ3n) is 3.40. The maximum absolute atomic E-state index is 10.3. The molecule has 1 aliphatic heterocycles. The minimum atomic E-state index is -0.515. The number of aliphatic hydroxyl groups excluding tert-OH is 1. The average molecular weight is 275 g/mol. The van der Waals surface area contributed by atoms with Gasteiger partial charge in [0, 0.05) is 23.7 Å². The highest BCUT2D eigenvalue weighted by Gasteiger charge is 2.14. The van der Waals surface area contributed by atoms with E-state index in [0.29, 0.717) is 0 Å². The molecule has 19 heavy (non-hydrogen) atoms. The second-order valence-corrected chi connectivity index (χ2v) is 5.59.